The Kier molecular flexibility index (Phi) is 6.48. The molecule has 1 heterocycles. The van der Waals surface area contributed by atoms with E-state index in [4.69, 9.17) is 11.6 Å². The van der Waals surface area contributed by atoms with Gasteiger partial charge in [-0.25, -0.2) is 0 Å². The van der Waals surface area contributed by atoms with Gasteiger partial charge in [0.15, 0.2) is 0 Å². The zero-order valence-corrected chi connectivity index (χ0v) is 15.3. The third-order valence-corrected chi connectivity index (χ3v) is 5.08. The second-order valence-electron chi connectivity index (χ2n) is 6.58. The van der Waals surface area contributed by atoms with Gasteiger partial charge in [0.2, 0.25) is 5.91 Å². The molecule has 0 bridgehead atoms. The molecule has 3 rings (SSSR count). The van der Waals surface area contributed by atoms with Crippen molar-refractivity contribution < 1.29 is 4.79 Å². The summed E-state index contributed by atoms with van der Waals surface area (Å²) >= 11 is 5.89. The minimum absolute atomic E-state index is 0.262. The lowest BCUT2D eigenvalue weighted by atomic mass is 10.1. The predicted octanol–water partition coefficient (Wildman–Crippen LogP) is 3.66. The number of nitrogens with zero attached hydrogens (tertiary/aromatic N) is 2. The topological polar surface area (TPSA) is 23.6 Å². The van der Waals surface area contributed by atoms with Crippen LogP contribution >= 0.6 is 11.6 Å². The summed E-state index contributed by atoms with van der Waals surface area (Å²) in [7, 11) is 0. The van der Waals surface area contributed by atoms with Crippen LogP contribution in [-0.2, 0) is 17.6 Å². The van der Waals surface area contributed by atoms with Crippen molar-refractivity contribution in [1.29, 1.82) is 0 Å². The van der Waals surface area contributed by atoms with Gasteiger partial charge in [-0.2, -0.15) is 0 Å². The van der Waals surface area contributed by atoms with Crippen LogP contribution in [0.4, 0.5) is 0 Å². The van der Waals surface area contributed by atoms with Crippen LogP contribution in [0, 0.1) is 0 Å². The molecule has 0 aromatic heterocycles. The Bertz CT molecular complexity index is 664. The number of rotatable bonds is 6. The highest BCUT2D eigenvalue weighted by molar-refractivity contribution is 6.30. The lowest BCUT2D eigenvalue weighted by Gasteiger charge is -2.34. The van der Waals surface area contributed by atoms with Crippen LogP contribution in [0.3, 0.4) is 0 Å². The Morgan fingerprint density at radius 1 is 0.840 bits per heavy atom. The van der Waals surface area contributed by atoms with Gasteiger partial charge in [-0.1, -0.05) is 54.1 Å². The molecule has 132 valence electrons. The number of amides is 1. The zero-order chi connectivity index (χ0) is 17.5. The van der Waals surface area contributed by atoms with Gasteiger partial charge in [0.1, 0.15) is 0 Å². The zero-order valence-electron chi connectivity index (χ0n) is 14.5. The van der Waals surface area contributed by atoms with E-state index in [0.29, 0.717) is 6.42 Å². The minimum atomic E-state index is 0.262. The third-order valence-electron chi connectivity index (χ3n) is 4.83. The third kappa shape index (κ3) is 5.58. The molecule has 0 spiro atoms. The van der Waals surface area contributed by atoms with E-state index in [9.17, 15) is 4.79 Å². The first-order valence-corrected chi connectivity index (χ1v) is 9.37. The Morgan fingerprint density at radius 3 is 2.16 bits per heavy atom. The van der Waals surface area contributed by atoms with Gasteiger partial charge >= 0.3 is 0 Å². The fraction of sp³-hybridized carbons (Fsp3) is 0.381. The van der Waals surface area contributed by atoms with Crippen molar-refractivity contribution >= 4 is 17.5 Å². The van der Waals surface area contributed by atoms with Crippen molar-refractivity contribution in [3.8, 4) is 0 Å². The number of halogens is 1. The molecule has 2 aromatic carbocycles. The molecule has 1 amide bonds. The van der Waals surface area contributed by atoms with Crippen molar-refractivity contribution in [1.82, 2.24) is 9.80 Å². The molecule has 0 aliphatic carbocycles. The maximum atomic E-state index is 12.4. The fourth-order valence-corrected chi connectivity index (χ4v) is 3.34. The first-order chi connectivity index (χ1) is 12.2. The molecule has 0 radical (unpaired) electrons. The first kappa shape index (κ1) is 18.0. The molecule has 1 aliphatic heterocycles. The van der Waals surface area contributed by atoms with Crippen LogP contribution in [0.25, 0.3) is 0 Å². The number of carbonyl (C=O) groups is 1. The molecule has 1 saturated heterocycles. The van der Waals surface area contributed by atoms with Gasteiger partial charge in [-0.05, 0) is 36.1 Å². The number of piperazine rings is 1. The number of aryl methyl sites for hydroxylation is 1. The Hall–Kier alpha value is -1.84. The summed E-state index contributed by atoms with van der Waals surface area (Å²) in [4.78, 5) is 16.9. The summed E-state index contributed by atoms with van der Waals surface area (Å²) in [5.74, 6) is 0.262. The first-order valence-electron chi connectivity index (χ1n) is 8.99. The summed E-state index contributed by atoms with van der Waals surface area (Å²) in [5.41, 5.74) is 2.54. The Labute approximate surface area is 155 Å². The standard InChI is InChI=1S/C21H25ClN2O/c22-20-9-6-19(7-10-20)8-11-21(25)24-16-14-23(15-17-24)13-12-18-4-2-1-3-5-18/h1-7,9-10H,8,11-17H2. The number of hydrogen-bond donors (Lipinski definition) is 0. The quantitative estimate of drug-likeness (QED) is 0.788. The Balaban J connectivity index is 1.38. The van der Waals surface area contributed by atoms with E-state index in [-0.39, 0.29) is 5.91 Å². The second-order valence-corrected chi connectivity index (χ2v) is 7.02. The highest BCUT2D eigenvalue weighted by Crippen LogP contribution is 2.12. The average Bonchev–Trinajstić information content (AvgIpc) is 2.67. The molecular formula is C21H25ClN2O. The van der Waals surface area contributed by atoms with Crippen LogP contribution in [0.5, 0.6) is 0 Å². The van der Waals surface area contributed by atoms with E-state index in [1.54, 1.807) is 0 Å². The van der Waals surface area contributed by atoms with E-state index >= 15 is 0 Å². The van der Waals surface area contributed by atoms with Crippen LogP contribution in [-0.4, -0.2) is 48.4 Å². The second kappa shape index (κ2) is 9.02. The van der Waals surface area contributed by atoms with E-state index in [1.807, 2.05) is 29.2 Å². The van der Waals surface area contributed by atoms with Crippen LogP contribution in [0.1, 0.15) is 17.5 Å². The van der Waals surface area contributed by atoms with Crippen molar-refractivity contribution in [3.05, 3.63) is 70.7 Å². The summed E-state index contributed by atoms with van der Waals surface area (Å²) in [6.45, 7) is 4.69. The molecule has 4 heteroatoms. The molecule has 1 aliphatic rings. The Morgan fingerprint density at radius 2 is 1.48 bits per heavy atom. The van der Waals surface area contributed by atoms with Crippen molar-refractivity contribution in [2.75, 3.05) is 32.7 Å². The van der Waals surface area contributed by atoms with Crippen molar-refractivity contribution in [3.63, 3.8) is 0 Å². The van der Waals surface area contributed by atoms with Gasteiger partial charge in [0, 0.05) is 44.2 Å². The molecule has 1 fully saturated rings. The number of hydrogen-bond acceptors (Lipinski definition) is 2. The molecular weight excluding hydrogens is 332 g/mol. The smallest absolute Gasteiger partial charge is 0.222 e. The lowest BCUT2D eigenvalue weighted by Crippen LogP contribution is -2.49. The van der Waals surface area contributed by atoms with Gasteiger partial charge < -0.3 is 4.90 Å². The van der Waals surface area contributed by atoms with E-state index in [0.717, 1.165) is 50.6 Å². The average molecular weight is 357 g/mol. The number of benzene rings is 2. The van der Waals surface area contributed by atoms with Gasteiger partial charge in [-0.15, -0.1) is 0 Å². The maximum Gasteiger partial charge on any atom is 0.222 e. The SMILES string of the molecule is O=C(CCc1ccc(Cl)cc1)N1CCN(CCc2ccccc2)CC1. The summed E-state index contributed by atoms with van der Waals surface area (Å²) < 4.78 is 0. The van der Waals surface area contributed by atoms with Crippen molar-refractivity contribution in [2.45, 2.75) is 19.3 Å². The highest BCUT2D eigenvalue weighted by Gasteiger charge is 2.20. The molecule has 0 unspecified atom stereocenters. The highest BCUT2D eigenvalue weighted by atomic mass is 35.5. The lowest BCUT2D eigenvalue weighted by molar-refractivity contribution is -0.132. The molecule has 0 saturated carbocycles. The van der Waals surface area contributed by atoms with E-state index in [2.05, 4.69) is 35.2 Å². The van der Waals surface area contributed by atoms with Gasteiger partial charge in [0.05, 0.1) is 0 Å². The largest absolute Gasteiger partial charge is 0.340 e. The van der Waals surface area contributed by atoms with Crippen molar-refractivity contribution in [2.24, 2.45) is 0 Å². The molecule has 0 atom stereocenters. The fourth-order valence-electron chi connectivity index (χ4n) is 3.21. The normalized spacial score (nSPS) is 15.3. The summed E-state index contributed by atoms with van der Waals surface area (Å²) in [6, 6.07) is 18.3. The van der Waals surface area contributed by atoms with E-state index in [1.165, 1.54) is 11.1 Å². The maximum absolute atomic E-state index is 12.4. The molecule has 2 aromatic rings. The minimum Gasteiger partial charge on any atom is -0.340 e. The van der Waals surface area contributed by atoms with E-state index < -0.39 is 0 Å². The number of carbonyl (C=O) groups excluding carboxylic acids is 1. The summed E-state index contributed by atoms with van der Waals surface area (Å²) in [6.07, 6.45) is 2.43. The summed E-state index contributed by atoms with van der Waals surface area (Å²) in [5, 5.41) is 0.738. The molecule has 3 nitrogen and oxygen atoms in total. The van der Waals surface area contributed by atoms with Gasteiger partial charge in [-0.3, -0.25) is 9.69 Å². The monoisotopic (exact) mass is 356 g/mol. The molecule has 25 heavy (non-hydrogen) atoms. The van der Waals surface area contributed by atoms with Crippen LogP contribution in [0.15, 0.2) is 54.6 Å². The molecule has 0 N–H and O–H groups in total. The predicted molar refractivity (Wildman–Crippen MR) is 103 cm³/mol. The van der Waals surface area contributed by atoms with Crippen LogP contribution in [0.2, 0.25) is 5.02 Å². The van der Waals surface area contributed by atoms with Crippen LogP contribution < -0.4 is 0 Å². The van der Waals surface area contributed by atoms with Gasteiger partial charge in [0.25, 0.3) is 0 Å².